The highest BCUT2D eigenvalue weighted by Gasteiger charge is 2.44. The Balaban J connectivity index is 2.26. The van der Waals surface area contributed by atoms with Crippen LogP contribution in [0.3, 0.4) is 0 Å². The van der Waals surface area contributed by atoms with Crippen LogP contribution in [0, 0.1) is 18.8 Å². The summed E-state index contributed by atoms with van der Waals surface area (Å²) in [5.74, 6) is -0.238. The summed E-state index contributed by atoms with van der Waals surface area (Å²) in [5, 5.41) is 0. The van der Waals surface area contributed by atoms with E-state index in [1.807, 2.05) is 13.8 Å². The summed E-state index contributed by atoms with van der Waals surface area (Å²) < 4.78 is 40.7. The van der Waals surface area contributed by atoms with Crippen molar-refractivity contribution in [3.63, 3.8) is 0 Å². The van der Waals surface area contributed by atoms with Gasteiger partial charge in [0.1, 0.15) is 5.67 Å². The predicted molar refractivity (Wildman–Crippen MR) is 77.8 cm³/mol. The Morgan fingerprint density at radius 1 is 1.20 bits per heavy atom. The summed E-state index contributed by atoms with van der Waals surface area (Å²) in [5.41, 5.74) is -0.349. The minimum Gasteiger partial charge on any atom is -0.244 e. The Morgan fingerprint density at radius 2 is 1.75 bits per heavy atom. The van der Waals surface area contributed by atoms with Crippen LogP contribution in [-0.2, 0) is 10.0 Å². The molecule has 2 atom stereocenters. The lowest BCUT2D eigenvalue weighted by molar-refractivity contribution is 0.109. The third-order valence-electron chi connectivity index (χ3n) is 4.12. The van der Waals surface area contributed by atoms with Crippen LogP contribution >= 0.6 is 0 Å². The van der Waals surface area contributed by atoms with Crippen molar-refractivity contribution in [2.24, 2.45) is 11.8 Å². The molecule has 0 aromatic heterocycles. The molecule has 0 radical (unpaired) electrons. The Hall–Kier alpha value is -0.940. The fourth-order valence-corrected chi connectivity index (χ4v) is 4.44. The molecule has 1 saturated heterocycles. The van der Waals surface area contributed by atoms with Gasteiger partial charge in [-0.15, -0.1) is 0 Å². The molecule has 1 aliphatic heterocycles. The van der Waals surface area contributed by atoms with Crippen molar-refractivity contribution < 1.29 is 12.8 Å². The van der Waals surface area contributed by atoms with Gasteiger partial charge in [0, 0.05) is 19.0 Å². The van der Waals surface area contributed by atoms with Crippen molar-refractivity contribution in [1.29, 1.82) is 0 Å². The first-order chi connectivity index (χ1) is 9.12. The van der Waals surface area contributed by atoms with E-state index >= 15 is 0 Å². The summed E-state index contributed by atoms with van der Waals surface area (Å²) >= 11 is 0. The Morgan fingerprint density at radius 3 is 2.20 bits per heavy atom. The molecular weight excluding hydrogens is 277 g/mol. The smallest absolute Gasteiger partial charge is 0.243 e. The number of benzene rings is 1. The third-order valence-corrected chi connectivity index (χ3v) is 5.97. The van der Waals surface area contributed by atoms with E-state index in [1.165, 1.54) is 18.2 Å². The Bertz CT molecular complexity index is 575. The van der Waals surface area contributed by atoms with Crippen LogP contribution in [0.15, 0.2) is 29.2 Å². The van der Waals surface area contributed by atoms with Crippen LogP contribution in [0.4, 0.5) is 4.39 Å². The maximum atomic E-state index is 14.1. The van der Waals surface area contributed by atoms with Crippen molar-refractivity contribution in [3.05, 3.63) is 29.8 Å². The molecule has 5 heteroatoms. The molecular formula is C15H22FNO2S. The largest absolute Gasteiger partial charge is 0.244 e. The molecule has 1 aromatic carbocycles. The van der Waals surface area contributed by atoms with Gasteiger partial charge >= 0.3 is 0 Å². The molecule has 20 heavy (non-hydrogen) atoms. The SMILES string of the molecule is Cc1ccc(S(=O)(=O)N2C[C@@H](C(C)(C)F)[C@@H](C)C2)cc1. The fraction of sp³-hybridized carbons (Fsp3) is 0.600. The van der Waals surface area contributed by atoms with Crippen LogP contribution in [0.1, 0.15) is 26.3 Å². The van der Waals surface area contributed by atoms with Crippen LogP contribution in [0.5, 0.6) is 0 Å². The van der Waals surface area contributed by atoms with Crippen molar-refractivity contribution in [2.45, 2.75) is 38.3 Å². The van der Waals surface area contributed by atoms with E-state index in [0.717, 1.165) is 5.56 Å². The Kier molecular flexibility index (Phi) is 3.95. The van der Waals surface area contributed by atoms with Gasteiger partial charge in [-0.05, 0) is 38.8 Å². The number of hydrogen-bond donors (Lipinski definition) is 0. The van der Waals surface area contributed by atoms with E-state index in [2.05, 4.69) is 0 Å². The van der Waals surface area contributed by atoms with E-state index in [-0.39, 0.29) is 23.3 Å². The van der Waals surface area contributed by atoms with E-state index in [4.69, 9.17) is 0 Å². The molecule has 0 unspecified atom stereocenters. The van der Waals surface area contributed by atoms with Gasteiger partial charge in [-0.25, -0.2) is 12.8 Å². The van der Waals surface area contributed by atoms with Gasteiger partial charge in [-0.2, -0.15) is 4.31 Å². The average molecular weight is 299 g/mol. The normalized spacial score (nSPS) is 25.1. The first-order valence-electron chi connectivity index (χ1n) is 6.88. The lowest BCUT2D eigenvalue weighted by Gasteiger charge is -2.25. The molecule has 0 spiro atoms. The second-order valence-corrected chi connectivity index (χ2v) is 8.22. The second-order valence-electron chi connectivity index (χ2n) is 6.28. The average Bonchev–Trinajstić information content (AvgIpc) is 2.72. The predicted octanol–water partition coefficient (Wildman–Crippen LogP) is 3.00. The highest BCUT2D eigenvalue weighted by Crippen LogP contribution is 2.36. The zero-order chi connectivity index (χ0) is 15.1. The summed E-state index contributed by atoms with van der Waals surface area (Å²) in [6.45, 7) is 7.51. The number of aryl methyl sites for hydroxylation is 1. The summed E-state index contributed by atoms with van der Waals surface area (Å²) in [7, 11) is -3.51. The molecule has 0 amide bonds. The van der Waals surface area contributed by atoms with E-state index in [1.54, 1.807) is 24.3 Å². The summed E-state index contributed by atoms with van der Waals surface area (Å²) in [6.07, 6.45) is 0. The number of nitrogens with zero attached hydrogens (tertiary/aromatic N) is 1. The quantitative estimate of drug-likeness (QED) is 0.860. The van der Waals surface area contributed by atoms with Gasteiger partial charge in [0.2, 0.25) is 10.0 Å². The van der Waals surface area contributed by atoms with Gasteiger partial charge in [0.15, 0.2) is 0 Å². The molecule has 0 N–H and O–H groups in total. The second kappa shape index (κ2) is 5.11. The summed E-state index contributed by atoms with van der Waals surface area (Å²) in [6, 6.07) is 6.79. The van der Waals surface area contributed by atoms with E-state index in [9.17, 15) is 12.8 Å². The molecule has 112 valence electrons. The molecule has 0 bridgehead atoms. The van der Waals surface area contributed by atoms with Crippen LogP contribution in [-0.4, -0.2) is 31.5 Å². The molecule has 1 aliphatic rings. The molecule has 1 aromatic rings. The van der Waals surface area contributed by atoms with Crippen LogP contribution < -0.4 is 0 Å². The number of hydrogen-bond acceptors (Lipinski definition) is 2. The first-order valence-corrected chi connectivity index (χ1v) is 8.32. The number of alkyl halides is 1. The monoisotopic (exact) mass is 299 g/mol. The molecule has 0 aliphatic carbocycles. The van der Waals surface area contributed by atoms with Crippen molar-refractivity contribution >= 4 is 10.0 Å². The topological polar surface area (TPSA) is 37.4 Å². The number of halogens is 1. The van der Waals surface area contributed by atoms with Crippen molar-refractivity contribution in [1.82, 2.24) is 4.31 Å². The fourth-order valence-electron chi connectivity index (χ4n) is 2.87. The minimum atomic E-state index is -3.51. The molecule has 1 heterocycles. The van der Waals surface area contributed by atoms with Gasteiger partial charge in [0.25, 0.3) is 0 Å². The standard InChI is InChI=1S/C15H22FNO2S/c1-11-5-7-13(8-6-11)20(18,19)17-9-12(2)14(10-17)15(3,4)16/h5-8,12,14H,9-10H2,1-4H3/t12-,14+/m0/s1. The highest BCUT2D eigenvalue weighted by atomic mass is 32.2. The van der Waals surface area contributed by atoms with Crippen LogP contribution in [0.2, 0.25) is 0 Å². The van der Waals surface area contributed by atoms with E-state index in [0.29, 0.717) is 6.54 Å². The number of rotatable bonds is 3. The zero-order valence-corrected chi connectivity index (χ0v) is 13.2. The van der Waals surface area contributed by atoms with Crippen molar-refractivity contribution in [2.75, 3.05) is 13.1 Å². The molecule has 3 nitrogen and oxygen atoms in total. The molecule has 2 rings (SSSR count). The zero-order valence-electron chi connectivity index (χ0n) is 12.4. The lowest BCUT2D eigenvalue weighted by Crippen LogP contribution is -2.33. The molecule has 1 fully saturated rings. The maximum Gasteiger partial charge on any atom is 0.243 e. The van der Waals surface area contributed by atoms with E-state index < -0.39 is 15.7 Å². The minimum absolute atomic E-state index is 0.0234. The van der Waals surface area contributed by atoms with Crippen molar-refractivity contribution in [3.8, 4) is 0 Å². The van der Waals surface area contributed by atoms with Gasteiger partial charge < -0.3 is 0 Å². The Labute approximate surface area is 120 Å². The van der Waals surface area contributed by atoms with Crippen LogP contribution in [0.25, 0.3) is 0 Å². The maximum absolute atomic E-state index is 14.1. The van der Waals surface area contributed by atoms with Gasteiger partial charge in [-0.1, -0.05) is 24.6 Å². The highest BCUT2D eigenvalue weighted by molar-refractivity contribution is 7.89. The van der Waals surface area contributed by atoms with Gasteiger partial charge in [-0.3, -0.25) is 0 Å². The number of sulfonamides is 1. The molecule has 0 saturated carbocycles. The third kappa shape index (κ3) is 2.88. The summed E-state index contributed by atoms with van der Waals surface area (Å²) in [4.78, 5) is 0.285. The lowest BCUT2D eigenvalue weighted by atomic mass is 9.85. The first kappa shape index (κ1) is 15.4. The van der Waals surface area contributed by atoms with Gasteiger partial charge in [0.05, 0.1) is 4.90 Å².